The predicted octanol–water partition coefficient (Wildman–Crippen LogP) is 1.90. The molecule has 11 heavy (non-hydrogen) atoms. The molecule has 2 N–H and O–H groups in total. The van der Waals surface area contributed by atoms with Gasteiger partial charge in [0.1, 0.15) is 12.3 Å². The molecule has 0 heterocycles. The van der Waals surface area contributed by atoms with Gasteiger partial charge in [0.2, 0.25) is 0 Å². The number of hydrogen-bond acceptors (Lipinski definition) is 0. The first-order chi connectivity index (χ1) is 4.61. The van der Waals surface area contributed by atoms with Crippen molar-refractivity contribution in [2.75, 3.05) is 0 Å². The summed E-state index contributed by atoms with van der Waals surface area (Å²) in [5, 5.41) is 0. The van der Waals surface area contributed by atoms with Crippen LogP contribution in [0.5, 0.6) is 0 Å². The summed E-state index contributed by atoms with van der Waals surface area (Å²) in [7, 11) is 0. The molecule has 0 aromatic rings. The summed E-state index contributed by atoms with van der Waals surface area (Å²) in [5.74, 6) is 0.274. The zero-order valence-corrected chi connectivity index (χ0v) is 6.98. The third kappa shape index (κ3) is 2.40. The molecule has 0 aromatic carbocycles. The molecule has 1 saturated carbocycles. The fourth-order valence-corrected chi connectivity index (χ4v) is 1.73. The molecule has 0 aliphatic heterocycles. The summed E-state index contributed by atoms with van der Waals surface area (Å²) >= 11 is 0. The van der Waals surface area contributed by atoms with Gasteiger partial charge in [-0.2, -0.15) is 0 Å². The second kappa shape index (κ2) is 4.00. The van der Waals surface area contributed by atoms with Crippen molar-refractivity contribution >= 4 is 0 Å². The second-order valence-corrected chi connectivity index (χ2v) is 3.51. The molecule has 0 aromatic heterocycles. The number of hydrogen-bond donors (Lipinski definition) is 0. The van der Waals surface area contributed by atoms with Gasteiger partial charge in [0.15, 0.2) is 0 Å². The molecule has 0 saturated heterocycles. The Kier molecular flexibility index (Phi) is 3.93. The lowest BCUT2D eigenvalue weighted by Crippen LogP contribution is -2.33. The van der Waals surface area contributed by atoms with Crippen molar-refractivity contribution in [2.45, 2.75) is 39.0 Å². The van der Waals surface area contributed by atoms with E-state index in [-0.39, 0.29) is 11.4 Å². The summed E-state index contributed by atoms with van der Waals surface area (Å²) in [6.45, 7) is 3.77. The van der Waals surface area contributed by atoms with Gasteiger partial charge < -0.3 is 5.48 Å². The average Bonchev–Trinajstić information content (AvgIpc) is 1.82. The minimum atomic E-state index is -1.21. The summed E-state index contributed by atoms with van der Waals surface area (Å²) < 4.78 is 25.5. The zero-order valence-electron chi connectivity index (χ0n) is 6.98. The van der Waals surface area contributed by atoms with Crippen LogP contribution in [-0.2, 0) is 0 Å². The maximum Gasteiger partial charge on any atom is 0.134 e. The quantitative estimate of drug-likeness (QED) is 0.526. The van der Waals surface area contributed by atoms with Crippen LogP contribution >= 0.6 is 0 Å². The van der Waals surface area contributed by atoms with Crippen LogP contribution in [0.3, 0.4) is 0 Å². The van der Waals surface area contributed by atoms with E-state index < -0.39 is 12.3 Å². The summed E-state index contributed by atoms with van der Waals surface area (Å²) in [5.41, 5.74) is 0. The van der Waals surface area contributed by atoms with Crippen LogP contribution in [0.1, 0.15) is 26.7 Å². The van der Waals surface area contributed by atoms with E-state index in [1.807, 2.05) is 6.92 Å². The van der Waals surface area contributed by atoms with Crippen molar-refractivity contribution in [3.8, 4) is 0 Å². The Balaban J connectivity index is 0.000001000. The molecule has 0 amide bonds. The molecule has 0 bridgehead atoms. The summed E-state index contributed by atoms with van der Waals surface area (Å²) in [6.07, 6.45) is -1.18. The first-order valence-electron chi connectivity index (χ1n) is 3.89. The second-order valence-electron chi connectivity index (χ2n) is 3.51. The van der Waals surface area contributed by atoms with Gasteiger partial charge in [-0.3, -0.25) is 0 Å². The topological polar surface area (TPSA) is 31.5 Å². The fourth-order valence-electron chi connectivity index (χ4n) is 1.73. The lowest BCUT2D eigenvalue weighted by Gasteiger charge is -2.30. The zero-order chi connectivity index (χ0) is 7.72. The molecule has 0 radical (unpaired) electrons. The highest BCUT2D eigenvalue weighted by atomic mass is 19.2. The number of alkyl halides is 2. The van der Waals surface area contributed by atoms with Gasteiger partial charge in [0.05, 0.1) is 0 Å². The van der Waals surface area contributed by atoms with Gasteiger partial charge in [-0.05, 0) is 24.7 Å². The van der Waals surface area contributed by atoms with Gasteiger partial charge >= 0.3 is 0 Å². The molecule has 1 fully saturated rings. The van der Waals surface area contributed by atoms with Crippen LogP contribution < -0.4 is 0 Å². The predicted molar refractivity (Wildman–Crippen MR) is 41.0 cm³/mol. The Hall–Kier alpha value is -0.180. The maximum atomic E-state index is 12.8. The molecule has 1 aliphatic carbocycles. The van der Waals surface area contributed by atoms with Crippen molar-refractivity contribution in [3.05, 3.63) is 0 Å². The van der Waals surface area contributed by atoms with Gasteiger partial charge in [0.25, 0.3) is 0 Å². The van der Waals surface area contributed by atoms with Crippen molar-refractivity contribution in [1.82, 2.24) is 0 Å². The molecular weight excluding hydrogens is 150 g/mol. The van der Waals surface area contributed by atoms with Gasteiger partial charge in [-0.25, -0.2) is 8.78 Å². The van der Waals surface area contributed by atoms with E-state index in [0.717, 1.165) is 6.42 Å². The van der Waals surface area contributed by atoms with Crippen LogP contribution in [0.2, 0.25) is 0 Å². The van der Waals surface area contributed by atoms with Gasteiger partial charge in [-0.1, -0.05) is 13.8 Å². The molecule has 3 heteroatoms. The van der Waals surface area contributed by atoms with E-state index in [1.54, 1.807) is 6.92 Å². The Morgan fingerprint density at radius 1 is 1.09 bits per heavy atom. The third-order valence-electron chi connectivity index (χ3n) is 2.29. The summed E-state index contributed by atoms with van der Waals surface area (Å²) in [4.78, 5) is 0. The van der Waals surface area contributed by atoms with E-state index in [1.165, 1.54) is 0 Å². The Bertz CT molecular complexity index is 107. The van der Waals surface area contributed by atoms with Crippen LogP contribution in [0.15, 0.2) is 0 Å². The first kappa shape index (κ1) is 10.8. The Labute approximate surface area is 66.1 Å². The van der Waals surface area contributed by atoms with E-state index in [0.29, 0.717) is 12.3 Å². The van der Waals surface area contributed by atoms with E-state index in [9.17, 15) is 8.78 Å². The van der Waals surface area contributed by atoms with Crippen LogP contribution in [0, 0.1) is 11.8 Å². The maximum absolute atomic E-state index is 12.8. The molecule has 1 nitrogen and oxygen atoms in total. The highest BCUT2D eigenvalue weighted by Crippen LogP contribution is 2.32. The minimum Gasteiger partial charge on any atom is -0.412 e. The largest absolute Gasteiger partial charge is 0.412 e. The molecule has 4 atom stereocenters. The summed E-state index contributed by atoms with van der Waals surface area (Å²) in [6, 6.07) is 0. The highest BCUT2D eigenvalue weighted by Gasteiger charge is 2.33. The molecular formula is C8H16F2O. The van der Waals surface area contributed by atoms with Crippen LogP contribution in [0.25, 0.3) is 0 Å². The normalized spacial score (nSPS) is 44.7. The minimum absolute atomic E-state index is 0. The third-order valence-corrected chi connectivity index (χ3v) is 2.29. The molecule has 68 valence electrons. The van der Waals surface area contributed by atoms with Crippen molar-refractivity contribution in [2.24, 2.45) is 11.8 Å². The highest BCUT2D eigenvalue weighted by molar-refractivity contribution is 4.82. The standard InChI is InChI=1S/C8H14F2.H2O/c1-5-3-6(2)8(10)7(9)4-5;/h5-8H,3-4H2,1-2H3;1H2. The Morgan fingerprint density at radius 3 is 2.09 bits per heavy atom. The first-order valence-corrected chi connectivity index (χ1v) is 3.89. The monoisotopic (exact) mass is 166 g/mol. The van der Waals surface area contributed by atoms with Crippen molar-refractivity contribution in [3.63, 3.8) is 0 Å². The van der Waals surface area contributed by atoms with Gasteiger partial charge in [0, 0.05) is 0 Å². The molecule has 4 unspecified atom stereocenters. The molecule has 1 rings (SSSR count). The van der Waals surface area contributed by atoms with Crippen molar-refractivity contribution < 1.29 is 14.3 Å². The molecule has 1 aliphatic rings. The SMILES string of the molecule is CC1CC(C)C(F)C(F)C1.O. The smallest absolute Gasteiger partial charge is 0.134 e. The lowest BCUT2D eigenvalue weighted by atomic mass is 9.81. The Morgan fingerprint density at radius 2 is 1.64 bits per heavy atom. The van der Waals surface area contributed by atoms with Gasteiger partial charge in [-0.15, -0.1) is 0 Å². The van der Waals surface area contributed by atoms with E-state index in [2.05, 4.69) is 0 Å². The fraction of sp³-hybridized carbons (Fsp3) is 1.00. The van der Waals surface area contributed by atoms with Crippen molar-refractivity contribution in [1.29, 1.82) is 0 Å². The number of rotatable bonds is 0. The lowest BCUT2D eigenvalue weighted by molar-refractivity contribution is 0.0509. The number of halogens is 2. The van der Waals surface area contributed by atoms with Crippen LogP contribution in [-0.4, -0.2) is 17.8 Å². The van der Waals surface area contributed by atoms with E-state index >= 15 is 0 Å². The average molecular weight is 166 g/mol. The molecule has 0 spiro atoms. The van der Waals surface area contributed by atoms with Crippen LogP contribution in [0.4, 0.5) is 8.78 Å². The van der Waals surface area contributed by atoms with E-state index in [4.69, 9.17) is 0 Å².